The van der Waals surface area contributed by atoms with Crippen molar-refractivity contribution in [2.75, 3.05) is 26.6 Å². The van der Waals surface area contributed by atoms with Crippen molar-refractivity contribution in [3.05, 3.63) is 76.7 Å². The minimum atomic E-state index is -2.22. The SMILES string of the molecule is COc1cc(-c2cc(C)c(C(=O)Oc3cccc([C@H](CP(C)(C)=O)C4CC4)c3)cc2CN(C(C)C)C(C)C)c(F)cn1. The minimum Gasteiger partial charge on any atom is -0.481 e. The Hall–Kier alpha value is -3.02. The van der Waals surface area contributed by atoms with Crippen molar-refractivity contribution in [2.45, 2.75) is 72.0 Å². The Labute approximate surface area is 250 Å². The fraction of sp³-hybridized carbons (Fsp3) is 0.471. The van der Waals surface area contributed by atoms with Crippen LogP contribution in [-0.2, 0) is 11.1 Å². The maximum Gasteiger partial charge on any atom is 0.343 e. The number of hydrogen-bond acceptors (Lipinski definition) is 6. The molecule has 6 nitrogen and oxygen atoms in total. The van der Waals surface area contributed by atoms with Gasteiger partial charge in [0, 0.05) is 36.4 Å². The molecule has 1 atom stereocenters. The molecule has 0 N–H and O–H groups in total. The van der Waals surface area contributed by atoms with Crippen LogP contribution in [0.2, 0.25) is 0 Å². The second-order valence-corrected chi connectivity index (χ2v) is 16.1. The number of rotatable bonds is 12. The monoisotopic (exact) mass is 594 g/mol. The summed E-state index contributed by atoms with van der Waals surface area (Å²) >= 11 is 0. The van der Waals surface area contributed by atoms with Gasteiger partial charge in [0.1, 0.15) is 11.6 Å². The van der Waals surface area contributed by atoms with Gasteiger partial charge in [-0.15, -0.1) is 0 Å². The molecule has 1 aliphatic rings. The number of halogens is 1. The normalized spacial score (nSPS) is 14.5. The first-order valence-electron chi connectivity index (χ1n) is 14.7. The van der Waals surface area contributed by atoms with E-state index < -0.39 is 18.9 Å². The zero-order chi connectivity index (χ0) is 30.8. The molecule has 0 aliphatic heterocycles. The number of nitrogens with zero attached hydrogens (tertiary/aromatic N) is 2. The van der Waals surface area contributed by atoms with Crippen LogP contribution < -0.4 is 9.47 Å². The molecule has 1 fully saturated rings. The third-order valence-corrected chi connectivity index (χ3v) is 9.28. The maximum absolute atomic E-state index is 15.1. The van der Waals surface area contributed by atoms with Crippen molar-refractivity contribution in [1.29, 1.82) is 0 Å². The molecule has 1 aromatic heterocycles. The third-order valence-electron chi connectivity index (χ3n) is 8.00. The molecule has 0 unspecified atom stereocenters. The topological polar surface area (TPSA) is 68.7 Å². The van der Waals surface area contributed by atoms with Gasteiger partial charge in [0.15, 0.2) is 0 Å². The molecule has 42 heavy (non-hydrogen) atoms. The van der Waals surface area contributed by atoms with E-state index in [1.165, 1.54) is 7.11 Å². The van der Waals surface area contributed by atoms with E-state index in [9.17, 15) is 9.36 Å². The molecule has 0 saturated heterocycles. The van der Waals surface area contributed by atoms with Gasteiger partial charge in [0.25, 0.3) is 0 Å². The summed E-state index contributed by atoms with van der Waals surface area (Å²) in [7, 11) is -0.720. The molecular weight excluding hydrogens is 550 g/mol. The summed E-state index contributed by atoms with van der Waals surface area (Å²) in [5.74, 6) is 0.575. The second-order valence-electron chi connectivity index (χ2n) is 12.6. The summed E-state index contributed by atoms with van der Waals surface area (Å²) in [6, 6.07) is 13.4. The molecule has 0 radical (unpaired) electrons. The highest BCUT2D eigenvalue weighted by Gasteiger charge is 2.35. The van der Waals surface area contributed by atoms with Gasteiger partial charge in [-0.3, -0.25) is 4.90 Å². The Morgan fingerprint density at radius 2 is 1.76 bits per heavy atom. The quantitative estimate of drug-likeness (QED) is 0.120. The zero-order valence-corrected chi connectivity index (χ0v) is 27.0. The predicted molar refractivity (Wildman–Crippen MR) is 168 cm³/mol. The number of hydrogen-bond donors (Lipinski definition) is 0. The molecule has 0 amide bonds. The Morgan fingerprint density at radius 1 is 1.07 bits per heavy atom. The van der Waals surface area contributed by atoms with Crippen LogP contribution in [0.25, 0.3) is 11.1 Å². The minimum absolute atomic E-state index is 0.197. The lowest BCUT2D eigenvalue weighted by molar-refractivity contribution is 0.0733. The number of ether oxygens (including phenoxy) is 2. The summed E-state index contributed by atoms with van der Waals surface area (Å²) in [4.78, 5) is 19.9. The maximum atomic E-state index is 15.1. The van der Waals surface area contributed by atoms with E-state index in [0.29, 0.717) is 52.5 Å². The standard InChI is InChI=1S/C34H44FN2O4P/c1-21(2)37(22(3)4)19-26-16-28(23(5)14-29(26)30-17-33(40-6)36-18-32(30)35)34(38)41-27-11-9-10-25(15-27)31(24-12-13-24)20-42(7,8)39/h9-11,14-18,21-22,24,31H,12-13,19-20H2,1-8H3/t31-/m1/s1. The first kappa shape index (κ1) is 31.9. The fourth-order valence-corrected chi connectivity index (χ4v) is 7.18. The predicted octanol–water partition coefficient (Wildman–Crippen LogP) is 8.16. The van der Waals surface area contributed by atoms with Crippen molar-refractivity contribution in [1.82, 2.24) is 9.88 Å². The lowest BCUT2D eigenvalue weighted by Gasteiger charge is -2.31. The Balaban J connectivity index is 1.71. The van der Waals surface area contributed by atoms with Crippen molar-refractivity contribution < 1.29 is 23.2 Å². The highest BCUT2D eigenvalue weighted by Crippen LogP contribution is 2.51. The number of esters is 1. The van der Waals surface area contributed by atoms with Gasteiger partial charge < -0.3 is 14.0 Å². The fourth-order valence-electron chi connectivity index (χ4n) is 5.72. The van der Waals surface area contributed by atoms with Crippen LogP contribution in [0.4, 0.5) is 4.39 Å². The smallest absolute Gasteiger partial charge is 0.343 e. The zero-order valence-electron chi connectivity index (χ0n) is 26.1. The molecule has 8 heteroatoms. The summed E-state index contributed by atoms with van der Waals surface area (Å²) in [5.41, 5.74) is 4.04. The van der Waals surface area contributed by atoms with Crippen LogP contribution >= 0.6 is 7.14 Å². The first-order valence-corrected chi connectivity index (χ1v) is 17.5. The average molecular weight is 595 g/mol. The van der Waals surface area contributed by atoms with E-state index in [1.54, 1.807) is 12.1 Å². The van der Waals surface area contributed by atoms with Gasteiger partial charge in [-0.05, 0) is 113 Å². The van der Waals surface area contributed by atoms with Gasteiger partial charge in [-0.1, -0.05) is 18.2 Å². The number of aromatic nitrogens is 1. The van der Waals surface area contributed by atoms with Gasteiger partial charge >= 0.3 is 5.97 Å². The van der Waals surface area contributed by atoms with Crippen LogP contribution in [0.3, 0.4) is 0 Å². The Bertz CT molecular complexity index is 1470. The van der Waals surface area contributed by atoms with Crippen LogP contribution in [0, 0.1) is 18.7 Å². The third kappa shape index (κ3) is 7.87. The number of benzene rings is 2. The van der Waals surface area contributed by atoms with Crippen LogP contribution in [0.15, 0.2) is 48.7 Å². The summed E-state index contributed by atoms with van der Waals surface area (Å²) in [6.07, 6.45) is 4.08. The number of carbonyl (C=O) groups excluding carboxylic acids is 1. The molecular formula is C34H44FN2O4P. The summed E-state index contributed by atoms with van der Waals surface area (Å²) in [6.45, 7) is 14.5. The van der Waals surface area contributed by atoms with E-state index >= 15 is 4.39 Å². The Morgan fingerprint density at radius 3 is 2.36 bits per heavy atom. The van der Waals surface area contributed by atoms with E-state index in [1.807, 2.05) is 50.6 Å². The average Bonchev–Trinajstić information content (AvgIpc) is 3.76. The number of methoxy groups -OCH3 is 1. The molecule has 4 rings (SSSR count). The van der Waals surface area contributed by atoms with Crippen molar-refractivity contribution in [3.8, 4) is 22.8 Å². The summed E-state index contributed by atoms with van der Waals surface area (Å²) in [5, 5.41) is 0. The number of pyridine rings is 1. The molecule has 3 aromatic rings. The van der Waals surface area contributed by atoms with E-state index in [-0.39, 0.29) is 18.0 Å². The molecule has 1 saturated carbocycles. The molecule has 2 aromatic carbocycles. The van der Waals surface area contributed by atoms with E-state index in [2.05, 4.69) is 37.6 Å². The van der Waals surface area contributed by atoms with Crippen molar-refractivity contribution in [2.24, 2.45) is 5.92 Å². The molecule has 1 aliphatic carbocycles. The lowest BCUT2D eigenvalue weighted by Crippen LogP contribution is -2.36. The highest BCUT2D eigenvalue weighted by atomic mass is 31.2. The number of carbonyl (C=O) groups is 1. The van der Waals surface area contributed by atoms with E-state index in [4.69, 9.17) is 9.47 Å². The molecule has 226 valence electrons. The second kappa shape index (κ2) is 13.1. The van der Waals surface area contributed by atoms with Crippen LogP contribution in [0.1, 0.15) is 73.5 Å². The van der Waals surface area contributed by atoms with Gasteiger partial charge in [-0.25, -0.2) is 14.2 Å². The largest absolute Gasteiger partial charge is 0.481 e. The molecule has 1 heterocycles. The molecule has 0 spiro atoms. The van der Waals surface area contributed by atoms with Gasteiger partial charge in [0.2, 0.25) is 5.88 Å². The number of aryl methyl sites for hydroxylation is 1. The lowest BCUT2D eigenvalue weighted by atomic mass is 9.93. The van der Waals surface area contributed by atoms with Crippen molar-refractivity contribution >= 4 is 13.1 Å². The van der Waals surface area contributed by atoms with Crippen LogP contribution in [0.5, 0.6) is 11.6 Å². The highest BCUT2D eigenvalue weighted by molar-refractivity contribution is 7.62. The first-order chi connectivity index (χ1) is 19.8. The Kier molecular flexibility index (Phi) is 9.95. The van der Waals surface area contributed by atoms with Gasteiger partial charge in [0.05, 0.1) is 26.0 Å². The summed E-state index contributed by atoms with van der Waals surface area (Å²) < 4.78 is 39.0. The molecule has 0 bridgehead atoms. The van der Waals surface area contributed by atoms with E-state index in [0.717, 1.165) is 30.2 Å². The van der Waals surface area contributed by atoms with Gasteiger partial charge in [-0.2, -0.15) is 0 Å². The van der Waals surface area contributed by atoms with Crippen LogP contribution in [-0.4, -0.2) is 54.5 Å². The van der Waals surface area contributed by atoms with Crippen molar-refractivity contribution in [3.63, 3.8) is 0 Å².